The smallest absolute Gasteiger partial charge is 0.273 e. The number of aromatic nitrogens is 1. The van der Waals surface area contributed by atoms with E-state index in [0.717, 1.165) is 28.6 Å². The molecule has 0 saturated carbocycles. The van der Waals surface area contributed by atoms with Crippen LogP contribution in [0.5, 0.6) is 0 Å². The molecule has 0 spiro atoms. The number of amides is 2. The van der Waals surface area contributed by atoms with Gasteiger partial charge in [0, 0.05) is 28.8 Å². The Balaban J connectivity index is 1.23. The summed E-state index contributed by atoms with van der Waals surface area (Å²) in [7, 11) is 0. The summed E-state index contributed by atoms with van der Waals surface area (Å²) in [5.41, 5.74) is 9.74. The Kier molecular flexibility index (Phi) is 5.15. The van der Waals surface area contributed by atoms with E-state index in [1.165, 1.54) is 11.8 Å². The quantitative estimate of drug-likeness (QED) is 0.423. The maximum Gasteiger partial charge on any atom is 0.273 e. The second-order valence-electron chi connectivity index (χ2n) is 8.11. The number of furan rings is 1. The summed E-state index contributed by atoms with van der Waals surface area (Å²) in [6, 6.07) is 18.0. The highest BCUT2D eigenvalue weighted by molar-refractivity contribution is 5.97. The second kappa shape index (κ2) is 8.26. The van der Waals surface area contributed by atoms with Gasteiger partial charge in [0.25, 0.3) is 5.91 Å². The van der Waals surface area contributed by atoms with Crippen LogP contribution in [0.1, 0.15) is 34.2 Å². The van der Waals surface area contributed by atoms with Gasteiger partial charge in [0.05, 0.1) is 24.8 Å². The number of benzene rings is 2. The van der Waals surface area contributed by atoms with Crippen molar-refractivity contribution in [1.29, 1.82) is 0 Å². The van der Waals surface area contributed by atoms with Gasteiger partial charge >= 0.3 is 0 Å². The molecule has 7 heteroatoms. The molecule has 32 heavy (non-hydrogen) atoms. The van der Waals surface area contributed by atoms with Crippen molar-refractivity contribution in [1.82, 2.24) is 15.8 Å². The van der Waals surface area contributed by atoms with E-state index in [1.807, 2.05) is 42.6 Å². The lowest BCUT2D eigenvalue weighted by Gasteiger charge is -2.24. The molecule has 2 aromatic carbocycles. The molecule has 162 valence electrons. The topological polar surface area (TPSA) is 90.4 Å². The number of anilines is 1. The molecule has 1 aliphatic rings. The number of hydrogen-bond acceptors (Lipinski definition) is 4. The number of carbonyl (C=O) groups is 2. The van der Waals surface area contributed by atoms with Crippen molar-refractivity contribution < 1.29 is 14.0 Å². The molecule has 0 aliphatic carbocycles. The molecule has 3 N–H and O–H groups in total. The number of carbonyl (C=O) groups excluding carboxylic acids is 2. The summed E-state index contributed by atoms with van der Waals surface area (Å²) in [5, 5.41) is 0.992. The molecular weight excluding hydrogens is 404 g/mol. The van der Waals surface area contributed by atoms with Crippen molar-refractivity contribution in [2.45, 2.75) is 32.4 Å². The van der Waals surface area contributed by atoms with Crippen molar-refractivity contribution in [3.63, 3.8) is 0 Å². The molecule has 7 nitrogen and oxygen atoms in total. The van der Waals surface area contributed by atoms with Crippen molar-refractivity contribution >= 4 is 28.4 Å². The summed E-state index contributed by atoms with van der Waals surface area (Å²) in [5.74, 6) is -0.131. The maximum absolute atomic E-state index is 12.7. The van der Waals surface area contributed by atoms with Gasteiger partial charge in [-0.1, -0.05) is 36.4 Å². The van der Waals surface area contributed by atoms with Crippen LogP contribution in [0.4, 0.5) is 5.69 Å². The zero-order chi connectivity index (χ0) is 22.1. The molecule has 0 bridgehead atoms. The van der Waals surface area contributed by atoms with Crippen LogP contribution in [0.25, 0.3) is 10.9 Å². The minimum atomic E-state index is -0.402. The highest BCUT2D eigenvalue weighted by atomic mass is 16.3. The Morgan fingerprint density at radius 2 is 1.91 bits per heavy atom. The molecule has 0 saturated heterocycles. The summed E-state index contributed by atoms with van der Waals surface area (Å²) in [6.45, 7) is 2.64. The first-order chi connectivity index (χ1) is 15.6. The lowest BCUT2D eigenvalue weighted by atomic mass is 10.1. The molecule has 0 radical (unpaired) electrons. The minimum Gasteiger partial charge on any atom is -0.467 e. The number of H-pyrrole nitrogens is 1. The summed E-state index contributed by atoms with van der Waals surface area (Å²) in [6.07, 6.45) is 4.44. The van der Waals surface area contributed by atoms with Crippen LogP contribution in [0.3, 0.4) is 0 Å². The lowest BCUT2D eigenvalue weighted by molar-refractivity contribution is -0.121. The van der Waals surface area contributed by atoms with Gasteiger partial charge in [0.2, 0.25) is 5.91 Å². The predicted octanol–water partition coefficient (Wildman–Crippen LogP) is 3.72. The Morgan fingerprint density at radius 3 is 2.81 bits per heavy atom. The maximum atomic E-state index is 12.7. The van der Waals surface area contributed by atoms with Crippen LogP contribution in [0, 0.1) is 0 Å². The normalized spacial score (nSPS) is 15.0. The second-order valence-corrected chi connectivity index (χ2v) is 8.11. The third kappa shape index (κ3) is 3.73. The molecule has 2 aromatic heterocycles. The van der Waals surface area contributed by atoms with Gasteiger partial charge in [0.1, 0.15) is 5.76 Å². The highest BCUT2D eigenvalue weighted by Gasteiger charge is 2.28. The highest BCUT2D eigenvalue weighted by Crippen LogP contribution is 2.33. The van der Waals surface area contributed by atoms with Crippen LogP contribution < -0.4 is 15.8 Å². The van der Waals surface area contributed by atoms with E-state index in [9.17, 15) is 9.59 Å². The van der Waals surface area contributed by atoms with Crippen LogP contribution in [0.2, 0.25) is 0 Å². The van der Waals surface area contributed by atoms with Crippen LogP contribution >= 0.6 is 0 Å². The Labute approximate surface area is 185 Å². The van der Waals surface area contributed by atoms with E-state index in [0.29, 0.717) is 23.9 Å². The van der Waals surface area contributed by atoms with Gasteiger partial charge in [-0.05, 0) is 42.7 Å². The molecule has 1 atom stereocenters. The Bertz CT molecular complexity index is 1290. The largest absolute Gasteiger partial charge is 0.467 e. The van der Waals surface area contributed by atoms with Gasteiger partial charge < -0.3 is 14.3 Å². The van der Waals surface area contributed by atoms with Crippen LogP contribution in [-0.2, 0) is 24.2 Å². The van der Waals surface area contributed by atoms with Crippen molar-refractivity contribution in [3.8, 4) is 0 Å². The molecule has 4 aromatic rings. The fraction of sp³-hybridized carbons (Fsp3) is 0.200. The minimum absolute atomic E-state index is 0.157. The first-order valence-electron chi connectivity index (χ1n) is 10.6. The van der Waals surface area contributed by atoms with Crippen molar-refractivity contribution in [2.24, 2.45) is 0 Å². The summed E-state index contributed by atoms with van der Waals surface area (Å²) >= 11 is 0. The van der Waals surface area contributed by atoms with E-state index in [-0.39, 0.29) is 12.3 Å². The fourth-order valence-corrected chi connectivity index (χ4v) is 4.38. The lowest BCUT2D eigenvalue weighted by Crippen LogP contribution is -2.42. The first-order valence-corrected chi connectivity index (χ1v) is 10.6. The monoisotopic (exact) mass is 428 g/mol. The van der Waals surface area contributed by atoms with Crippen LogP contribution in [0.15, 0.2) is 71.5 Å². The standard InChI is InChI=1S/C25H24N4O3/c1-16-12-17-6-2-5-9-22(17)29(16)15-23-20(10-11-32-23)25(31)28-27-24(30)13-18-14-26-21-8-4-3-7-19(18)21/h2-11,14,16,26H,12-13,15H2,1H3,(H,27,30)(H,28,31). The Hall–Kier alpha value is -4.00. The average Bonchev–Trinajstić information content (AvgIpc) is 3.51. The van der Waals surface area contributed by atoms with Crippen molar-refractivity contribution in [3.05, 3.63) is 89.5 Å². The number of nitrogens with zero attached hydrogens (tertiary/aromatic N) is 1. The van der Waals surface area contributed by atoms with E-state index >= 15 is 0 Å². The summed E-state index contributed by atoms with van der Waals surface area (Å²) < 4.78 is 5.63. The molecule has 2 amide bonds. The number of aromatic amines is 1. The fourth-order valence-electron chi connectivity index (χ4n) is 4.38. The number of rotatable bonds is 5. The van der Waals surface area contributed by atoms with Gasteiger partial charge in [-0.2, -0.15) is 0 Å². The van der Waals surface area contributed by atoms with Gasteiger partial charge in [-0.25, -0.2) is 0 Å². The number of para-hydroxylation sites is 2. The average molecular weight is 428 g/mol. The van der Waals surface area contributed by atoms with E-state index in [2.05, 4.69) is 39.8 Å². The predicted molar refractivity (Wildman–Crippen MR) is 122 cm³/mol. The SMILES string of the molecule is CC1Cc2ccccc2N1Cc1occc1C(=O)NNC(=O)Cc1c[nH]c2ccccc12. The van der Waals surface area contributed by atoms with E-state index in [1.54, 1.807) is 6.07 Å². The molecule has 1 aliphatic heterocycles. The van der Waals surface area contributed by atoms with Gasteiger partial charge in [0.15, 0.2) is 0 Å². The first kappa shape index (κ1) is 19.9. The Morgan fingerprint density at radius 1 is 1.09 bits per heavy atom. The zero-order valence-electron chi connectivity index (χ0n) is 17.7. The molecule has 1 unspecified atom stereocenters. The van der Waals surface area contributed by atoms with Gasteiger partial charge in [-0.15, -0.1) is 0 Å². The number of nitrogens with one attached hydrogen (secondary N) is 3. The molecule has 0 fully saturated rings. The number of hydrazine groups is 1. The van der Waals surface area contributed by atoms with E-state index < -0.39 is 5.91 Å². The van der Waals surface area contributed by atoms with Gasteiger partial charge in [-0.3, -0.25) is 20.4 Å². The van der Waals surface area contributed by atoms with Crippen LogP contribution in [-0.4, -0.2) is 22.8 Å². The zero-order valence-corrected chi connectivity index (χ0v) is 17.7. The number of hydrogen-bond donors (Lipinski definition) is 3. The third-order valence-corrected chi connectivity index (χ3v) is 5.99. The molecule has 3 heterocycles. The molecular formula is C25H24N4O3. The van der Waals surface area contributed by atoms with E-state index in [4.69, 9.17) is 4.42 Å². The third-order valence-electron chi connectivity index (χ3n) is 5.99. The van der Waals surface area contributed by atoms with Crippen molar-refractivity contribution in [2.75, 3.05) is 4.90 Å². The summed E-state index contributed by atoms with van der Waals surface area (Å²) in [4.78, 5) is 30.5. The molecule has 5 rings (SSSR count). The number of fused-ring (bicyclic) bond motifs is 2.